The Morgan fingerprint density at radius 3 is 0.832 bits per heavy atom. The zero-order valence-corrected chi connectivity index (χ0v) is 91.6. The van der Waals surface area contributed by atoms with Crippen LogP contribution in [-0.4, -0.2) is 144 Å². The lowest BCUT2D eigenvalue weighted by Crippen LogP contribution is -2.42. The number of hydrogen-bond donors (Lipinski definition) is 0. The van der Waals surface area contributed by atoms with E-state index in [0.717, 1.165) is 107 Å². The molecular formula is C119H134Cl4O17S3. The first-order chi connectivity index (χ1) is 68.3. The van der Waals surface area contributed by atoms with Gasteiger partial charge in [0.25, 0.3) is 0 Å². The van der Waals surface area contributed by atoms with Crippen LogP contribution in [0, 0.1) is 134 Å². The first-order valence-corrected chi connectivity index (χ1v) is 54.0. The fourth-order valence-electron chi connectivity index (χ4n) is 21.7. The lowest BCUT2D eigenvalue weighted by atomic mass is 9.64. The molecular weight excluding hydrogens is 1940 g/mol. The van der Waals surface area contributed by atoms with E-state index in [0.29, 0.717) is 194 Å². The van der Waals surface area contributed by atoms with E-state index in [2.05, 4.69) is 113 Å². The smallest absolute Gasteiger partial charge is 0.151 e. The third-order valence-corrected chi connectivity index (χ3v) is 32.1. The quantitative estimate of drug-likeness (QED) is 0.0452. The van der Waals surface area contributed by atoms with Gasteiger partial charge in [0.2, 0.25) is 0 Å². The van der Waals surface area contributed by atoms with E-state index in [9.17, 15) is 57.5 Å². The van der Waals surface area contributed by atoms with Crippen LogP contribution < -0.4 is 18.9 Å². The summed E-state index contributed by atoms with van der Waals surface area (Å²) in [6, 6.07) is 21.7. The molecule has 6 aromatic rings. The number of hydrogen-bond acceptors (Lipinski definition) is 20. The maximum Gasteiger partial charge on any atom is 0.151 e. The molecule has 1 saturated heterocycles. The van der Waals surface area contributed by atoms with E-state index >= 15 is 0 Å². The van der Waals surface area contributed by atoms with Gasteiger partial charge in [-0.2, -0.15) is 35.3 Å². The number of Topliss-reactive ketones (excluding diaryl/α,β-unsaturated/α-hetero) is 12. The Morgan fingerprint density at radius 1 is 0.343 bits per heavy atom. The van der Waals surface area contributed by atoms with Gasteiger partial charge in [-0.05, 0) is 274 Å². The molecule has 1 aliphatic heterocycles. The van der Waals surface area contributed by atoms with Crippen LogP contribution >= 0.6 is 81.7 Å². The minimum absolute atomic E-state index is 0.00623. The molecule has 0 aromatic heterocycles. The third-order valence-electron chi connectivity index (χ3n) is 27.6. The Kier molecular flexibility index (Phi) is 45.3. The van der Waals surface area contributed by atoms with Gasteiger partial charge in [0.1, 0.15) is 116 Å². The second kappa shape index (κ2) is 55.6. The molecule has 143 heavy (non-hydrogen) atoms. The van der Waals surface area contributed by atoms with E-state index in [1.165, 1.54) is 28.4 Å². The summed E-state index contributed by atoms with van der Waals surface area (Å²) in [5, 5.41) is 2.91. The normalized spacial score (nSPS) is 21.2. The maximum atomic E-state index is 12.9. The van der Waals surface area contributed by atoms with Crippen molar-refractivity contribution in [3.63, 3.8) is 0 Å². The summed E-state index contributed by atoms with van der Waals surface area (Å²) in [4.78, 5) is 152. The molecule has 1 heterocycles. The van der Waals surface area contributed by atoms with Crippen LogP contribution in [0.2, 0.25) is 20.1 Å². The molecule has 0 amide bonds. The van der Waals surface area contributed by atoms with Crippen LogP contribution in [0.4, 0.5) is 0 Å². The third kappa shape index (κ3) is 30.2. The van der Waals surface area contributed by atoms with Crippen molar-refractivity contribution in [2.24, 2.45) is 35.0 Å². The fourth-order valence-corrected chi connectivity index (χ4v) is 25.9. The van der Waals surface area contributed by atoms with Gasteiger partial charge in [0, 0.05) is 181 Å². The van der Waals surface area contributed by atoms with Gasteiger partial charge in [0.15, 0.2) is 11.6 Å². The summed E-state index contributed by atoms with van der Waals surface area (Å²) in [5.41, 5.74) is 12.2. The van der Waals surface area contributed by atoms with Crippen LogP contribution in [0.3, 0.4) is 0 Å². The number of carbonyl (C=O) groups excluding carboxylic acids is 12. The van der Waals surface area contributed by atoms with E-state index in [1.54, 1.807) is 76.2 Å². The summed E-state index contributed by atoms with van der Waals surface area (Å²) >= 11 is 31.1. The largest absolute Gasteiger partial charge is 0.496 e. The highest BCUT2D eigenvalue weighted by atomic mass is 35.5. The van der Waals surface area contributed by atoms with E-state index < -0.39 is 35.5 Å². The molecule has 5 unspecified atom stereocenters. The molecule has 8 fully saturated rings. The molecule has 758 valence electrons. The molecule has 14 rings (SSSR count). The Labute approximate surface area is 879 Å². The van der Waals surface area contributed by atoms with Crippen molar-refractivity contribution >= 4 is 151 Å². The first kappa shape index (κ1) is 117. The highest BCUT2D eigenvalue weighted by molar-refractivity contribution is 8.00. The summed E-state index contributed by atoms with van der Waals surface area (Å²) in [5.74, 6) is 35.8. The molecule has 17 nitrogen and oxygen atoms in total. The molecule has 24 heteroatoms. The monoisotopic (exact) mass is 2070 g/mol. The standard InChI is InChI=1S/2C22H28O2S.C21H25ClO3S.C20H21ClO4.C18H17ClO3.C16H15ClO3/c2*1-6-8-17-9-14(3)21(15(4)10-17)22-19(23)12-18(13-20(22)24)11-16(5)25-7-2;1-5-7-14-9-16(22)20(19(12-14)25-4)21-17(23)10-15(11-18(21)24)8-13(3)26-6-2;1-3-4-13-9-14(21)18(17(10-13)24-2)19-15(22)11-20(12-16(19)23)5-7-25-8-6-20;1-3-4-10-7-13(19)15(14(8-10)22-2)16-17(20)11-5-6-12(9-11)18(16)21;1-3-5-10-8-11(17)15(14(9-10)20-2)16-12(18)6-4-7-13(16)19/h2*9-10,16,18,22H,7,11-13H2,1-5H3;9,12-13,15,21H,6,8,10-11H2,1-4H3;9-10,19H,5-8,11-12H2,1-2H3;7-8,11-12,16H,5-6,9H2,1-2H3;8-9,16H,4,6-7H2,1-2H3. The second-order valence-electron chi connectivity index (χ2n) is 38.0. The van der Waals surface area contributed by atoms with E-state index in [4.69, 9.17) is 70.1 Å². The Balaban J connectivity index is 0.000000192. The van der Waals surface area contributed by atoms with Gasteiger partial charge >= 0.3 is 0 Å². The number of carbonyl (C=O) groups is 12. The van der Waals surface area contributed by atoms with Crippen molar-refractivity contribution in [2.45, 2.75) is 284 Å². The van der Waals surface area contributed by atoms with Crippen LogP contribution in [-0.2, 0) is 62.3 Å². The van der Waals surface area contributed by atoms with E-state index in [1.807, 2.05) is 101 Å². The predicted octanol–water partition coefficient (Wildman–Crippen LogP) is 24.6. The average Bonchev–Trinajstić information content (AvgIpc) is 1.27. The molecule has 8 aliphatic rings. The summed E-state index contributed by atoms with van der Waals surface area (Å²) < 4.78 is 26.9. The predicted molar refractivity (Wildman–Crippen MR) is 577 cm³/mol. The number of fused-ring (bicyclic) bond motifs is 2. The van der Waals surface area contributed by atoms with Gasteiger partial charge < -0.3 is 23.7 Å². The minimum atomic E-state index is -0.848. The SMILES string of the molecule is CC#Cc1cc(C)c(C2C(=O)CC(CC(C)SCC)CC2=O)c(C)c1.CC#Cc1cc(C)c(C2C(=O)CC(CC(C)SCC)CC2=O)c(C)c1.CC#Cc1cc(Cl)c(C2C(=O)C3CCC(C3)C2=O)c(OC)c1.CC#Cc1cc(Cl)c(C2C(=O)CC(CC(C)SCC)CC2=O)c(OC)c1.CC#Cc1cc(Cl)c(C2C(=O)CC3(CCOCC3)CC2=O)c(OC)c1.CC#Cc1cc(Cl)c(C2C(=O)CCCC2=O)c(OC)c1. The number of benzene rings is 6. The van der Waals surface area contributed by atoms with Gasteiger partial charge in [0.05, 0.1) is 28.4 Å². The number of thioether (sulfide) groups is 3. The summed E-state index contributed by atoms with van der Waals surface area (Å²) in [6.07, 6.45) is 11.8. The van der Waals surface area contributed by atoms with Gasteiger partial charge in [-0.15, -0.1) is 35.5 Å². The van der Waals surface area contributed by atoms with Gasteiger partial charge in [-0.3, -0.25) is 57.5 Å². The van der Waals surface area contributed by atoms with Crippen molar-refractivity contribution < 1.29 is 81.2 Å². The lowest BCUT2D eigenvalue weighted by molar-refractivity contribution is -0.140. The number of methoxy groups -OCH3 is 4. The van der Waals surface area contributed by atoms with Crippen molar-refractivity contribution in [1.29, 1.82) is 0 Å². The number of ether oxygens (including phenoxy) is 5. The molecule has 2 bridgehead atoms. The first-order valence-electron chi connectivity index (χ1n) is 49.3. The molecule has 1 spiro atoms. The van der Waals surface area contributed by atoms with Gasteiger partial charge in [-0.25, -0.2) is 0 Å². The highest BCUT2D eigenvalue weighted by Crippen LogP contribution is 2.52. The second-order valence-corrected chi connectivity index (χ2v) is 44.8. The van der Waals surface area contributed by atoms with Crippen molar-refractivity contribution in [3.05, 3.63) is 182 Å². The van der Waals surface area contributed by atoms with Crippen LogP contribution in [0.15, 0.2) is 72.8 Å². The number of halogens is 4. The molecule has 0 N–H and O–H groups in total. The van der Waals surface area contributed by atoms with Crippen LogP contribution in [0.1, 0.15) is 330 Å². The number of rotatable bonds is 22. The summed E-state index contributed by atoms with van der Waals surface area (Å²) in [7, 11) is 6.04. The Hall–Kier alpha value is -9.91. The summed E-state index contributed by atoms with van der Waals surface area (Å²) in [6.45, 7) is 32.6. The Bertz CT molecular complexity index is 5940. The average molecular weight is 2070 g/mol. The van der Waals surface area contributed by atoms with Crippen molar-refractivity contribution in [1.82, 2.24) is 0 Å². The van der Waals surface area contributed by atoms with E-state index in [-0.39, 0.29) is 104 Å². The highest BCUT2D eigenvalue weighted by Gasteiger charge is 2.51. The fraction of sp³-hybridized carbons (Fsp3) is 0.496. The molecule has 7 aliphatic carbocycles. The number of ketones is 12. The van der Waals surface area contributed by atoms with Crippen molar-refractivity contribution in [2.75, 3.05) is 58.9 Å². The lowest BCUT2D eigenvalue weighted by Gasteiger charge is -2.41. The molecule has 7 saturated carbocycles. The maximum absolute atomic E-state index is 12.9. The van der Waals surface area contributed by atoms with Crippen LogP contribution in [0.25, 0.3) is 0 Å². The van der Waals surface area contributed by atoms with Crippen LogP contribution in [0.5, 0.6) is 23.0 Å². The molecule has 5 atom stereocenters. The zero-order valence-electron chi connectivity index (χ0n) is 86.2. The Morgan fingerprint density at radius 2 is 0.580 bits per heavy atom. The number of aryl methyl sites for hydroxylation is 4. The van der Waals surface area contributed by atoms with Gasteiger partial charge in [-0.1, -0.05) is 123 Å². The topological polar surface area (TPSA) is 251 Å². The molecule has 0 radical (unpaired) electrons. The van der Waals surface area contributed by atoms with Crippen molar-refractivity contribution in [3.8, 4) is 94.0 Å². The minimum Gasteiger partial charge on any atom is -0.496 e. The molecule has 6 aromatic carbocycles. The zero-order chi connectivity index (χ0) is 105.